The van der Waals surface area contributed by atoms with Gasteiger partial charge in [0.25, 0.3) is 0 Å². The molecule has 0 saturated carbocycles. The Morgan fingerprint density at radius 3 is 2.80 bits per heavy atom. The first-order valence-corrected chi connectivity index (χ1v) is 3.99. The average Bonchev–Trinajstić information content (AvgIpc) is 1.97. The van der Waals surface area contributed by atoms with Gasteiger partial charge in [-0.1, -0.05) is 6.92 Å². The van der Waals surface area contributed by atoms with E-state index in [9.17, 15) is 0 Å². The third-order valence-electron chi connectivity index (χ3n) is 1.29. The van der Waals surface area contributed by atoms with Crippen molar-refractivity contribution in [2.75, 3.05) is 26.3 Å². The van der Waals surface area contributed by atoms with Crippen molar-refractivity contribution in [2.24, 2.45) is 0 Å². The number of hydrogen-bond donors (Lipinski definition) is 1. The van der Waals surface area contributed by atoms with E-state index in [1.807, 2.05) is 0 Å². The minimum absolute atomic E-state index is 0.598. The van der Waals surface area contributed by atoms with Crippen LogP contribution in [0.2, 0.25) is 0 Å². The number of hydrogen-bond acceptors (Lipinski definition) is 2. The maximum Gasteiger partial charge on any atom is 0.0466 e. The van der Waals surface area contributed by atoms with Crippen LogP contribution in [0, 0.1) is 6.92 Å². The molecular formula is C8H18NO. The van der Waals surface area contributed by atoms with Crippen LogP contribution >= 0.6 is 0 Å². The highest BCUT2D eigenvalue weighted by Gasteiger charge is 1.86. The van der Waals surface area contributed by atoms with Crippen LogP contribution in [-0.2, 0) is 4.74 Å². The van der Waals surface area contributed by atoms with Crippen LogP contribution in [0.15, 0.2) is 0 Å². The summed E-state index contributed by atoms with van der Waals surface area (Å²) in [5.41, 5.74) is 0. The predicted octanol–water partition coefficient (Wildman–Crippen LogP) is 1.23. The molecule has 0 aromatic carbocycles. The molecule has 2 nitrogen and oxygen atoms in total. The second kappa shape index (κ2) is 8.92. The van der Waals surface area contributed by atoms with Crippen LogP contribution in [0.4, 0.5) is 0 Å². The van der Waals surface area contributed by atoms with Gasteiger partial charge < -0.3 is 10.1 Å². The van der Waals surface area contributed by atoms with Gasteiger partial charge in [-0.05, 0) is 32.9 Å². The van der Waals surface area contributed by atoms with Crippen molar-refractivity contribution in [3.05, 3.63) is 6.92 Å². The second-order valence-corrected chi connectivity index (χ2v) is 2.17. The molecule has 0 amide bonds. The van der Waals surface area contributed by atoms with Gasteiger partial charge in [0.05, 0.1) is 0 Å². The van der Waals surface area contributed by atoms with Gasteiger partial charge >= 0.3 is 0 Å². The van der Waals surface area contributed by atoms with Gasteiger partial charge in [0, 0.05) is 13.2 Å². The molecule has 1 N–H and O–H groups in total. The summed E-state index contributed by atoms with van der Waals surface area (Å²) in [5.74, 6) is 0. The standard InChI is InChI=1S/C8H18NO/c1-3-9-7-5-6-8-10-4-2/h9H,2-8H2,1H3. The third-order valence-corrected chi connectivity index (χ3v) is 1.29. The van der Waals surface area contributed by atoms with E-state index < -0.39 is 0 Å². The van der Waals surface area contributed by atoms with Crippen LogP contribution in [-0.4, -0.2) is 26.3 Å². The first-order chi connectivity index (χ1) is 4.91. The molecule has 0 atom stereocenters. The predicted molar refractivity (Wildman–Crippen MR) is 44.0 cm³/mol. The lowest BCUT2D eigenvalue weighted by Gasteiger charge is -2.01. The van der Waals surface area contributed by atoms with Crippen LogP contribution in [0.1, 0.15) is 19.8 Å². The molecule has 0 aromatic heterocycles. The number of ether oxygens (including phenoxy) is 1. The number of rotatable bonds is 7. The Kier molecular flexibility index (Phi) is 8.85. The monoisotopic (exact) mass is 144 g/mol. The van der Waals surface area contributed by atoms with Crippen LogP contribution < -0.4 is 5.32 Å². The topological polar surface area (TPSA) is 21.3 Å². The third kappa shape index (κ3) is 7.92. The summed E-state index contributed by atoms with van der Waals surface area (Å²) in [6, 6.07) is 0. The van der Waals surface area contributed by atoms with Crippen molar-refractivity contribution < 1.29 is 4.74 Å². The highest BCUT2D eigenvalue weighted by molar-refractivity contribution is 4.44. The van der Waals surface area contributed by atoms with Gasteiger partial charge in [-0.3, -0.25) is 0 Å². The van der Waals surface area contributed by atoms with Crippen LogP contribution in [0.3, 0.4) is 0 Å². The molecule has 0 aliphatic heterocycles. The maximum absolute atomic E-state index is 5.07. The van der Waals surface area contributed by atoms with Crippen molar-refractivity contribution >= 4 is 0 Å². The Morgan fingerprint density at radius 1 is 1.40 bits per heavy atom. The zero-order valence-electron chi connectivity index (χ0n) is 6.86. The summed E-state index contributed by atoms with van der Waals surface area (Å²) in [5, 5.41) is 3.25. The van der Waals surface area contributed by atoms with Crippen molar-refractivity contribution in [3.8, 4) is 0 Å². The van der Waals surface area contributed by atoms with Gasteiger partial charge in [0.15, 0.2) is 0 Å². The zero-order valence-corrected chi connectivity index (χ0v) is 6.86. The van der Waals surface area contributed by atoms with E-state index >= 15 is 0 Å². The van der Waals surface area contributed by atoms with Gasteiger partial charge in [0.2, 0.25) is 0 Å². The van der Waals surface area contributed by atoms with E-state index in [4.69, 9.17) is 4.74 Å². The summed E-state index contributed by atoms with van der Waals surface area (Å²) in [6.45, 7) is 9.33. The van der Waals surface area contributed by atoms with Gasteiger partial charge in [-0.15, -0.1) is 0 Å². The molecular weight excluding hydrogens is 126 g/mol. The smallest absolute Gasteiger partial charge is 0.0466 e. The SMILES string of the molecule is [CH2]COCCCCNCC. The van der Waals surface area contributed by atoms with Crippen molar-refractivity contribution in [3.63, 3.8) is 0 Å². The molecule has 2 heteroatoms. The molecule has 0 aliphatic carbocycles. The fourth-order valence-electron chi connectivity index (χ4n) is 0.733. The molecule has 0 aromatic rings. The second-order valence-electron chi connectivity index (χ2n) is 2.17. The Morgan fingerprint density at radius 2 is 2.20 bits per heavy atom. The lowest BCUT2D eigenvalue weighted by Crippen LogP contribution is -2.14. The largest absolute Gasteiger partial charge is 0.381 e. The molecule has 61 valence electrons. The Balaban J connectivity index is 2.65. The van der Waals surface area contributed by atoms with E-state index in [2.05, 4.69) is 19.2 Å². The molecule has 0 aliphatic rings. The Hall–Kier alpha value is -0.0800. The highest BCUT2D eigenvalue weighted by Crippen LogP contribution is 1.87. The Labute approximate surface area is 64.0 Å². The summed E-state index contributed by atoms with van der Waals surface area (Å²) < 4.78 is 5.07. The van der Waals surface area contributed by atoms with E-state index in [1.165, 1.54) is 6.42 Å². The molecule has 10 heavy (non-hydrogen) atoms. The molecule has 0 fully saturated rings. The maximum atomic E-state index is 5.07. The molecule has 0 unspecified atom stereocenters. The minimum Gasteiger partial charge on any atom is -0.381 e. The highest BCUT2D eigenvalue weighted by atomic mass is 16.5. The lowest BCUT2D eigenvalue weighted by atomic mass is 10.3. The first kappa shape index (κ1) is 9.92. The summed E-state index contributed by atoms with van der Waals surface area (Å²) in [4.78, 5) is 0. The first-order valence-electron chi connectivity index (χ1n) is 3.99. The number of unbranched alkanes of at least 4 members (excludes halogenated alkanes) is 1. The summed E-state index contributed by atoms with van der Waals surface area (Å²) in [6.07, 6.45) is 2.34. The van der Waals surface area contributed by atoms with Crippen molar-refractivity contribution in [1.82, 2.24) is 5.32 Å². The average molecular weight is 144 g/mol. The lowest BCUT2D eigenvalue weighted by molar-refractivity contribution is 0.156. The summed E-state index contributed by atoms with van der Waals surface area (Å²) >= 11 is 0. The van der Waals surface area contributed by atoms with Crippen molar-refractivity contribution in [1.29, 1.82) is 0 Å². The molecule has 0 rings (SSSR count). The van der Waals surface area contributed by atoms with E-state index in [0.717, 1.165) is 26.1 Å². The van der Waals surface area contributed by atoms with Gasteiger partial charge in [-0.25, -0.2) is 0 Å². The Bertz CT molecular complexity index is 49.2. The normalized spacial score (nSPS) is 10.2. The minimum atomic E-state index is 0.598. The molecule has 1 radical (unpaired) electrons. The quantitative estimate of drug-likeness (QED) is 0.543. The van der Waals surface area contributed by atoms with E-state index in [1.54, 1.807) is 0 Å². The fraction of sp³-hybridized carbons (Fsp3) is 0.875. The van der Waals surface area contributed by atoms with Crippen LogP contribution in [0.5, 0.6) is 0 Å². The fourth-order valence-corrected chi connectivity index (χ4v) is 0.733. The van der Waals surface area contributed by atoms with Gasteiger partial charge in [0.1, 0.15) is 0 Å². The number of nitrogens with one attached hydrogen (secondary N) is 1. The molecule has 0 bridgehead atoms. The summed E-state index contributed by atoms with van der Waals surface area (Å²) in [7, 11) is 0. The van der Waals surface area contributed by atoms with E-state index in [-0.39, 0.29) is 0 Å². The molecule has 0 heterocycles. The molecule has 0 saturated heterocycles. The van der Waals surface area contributed by atoms with Gasteiger partial charge in [-0.2, -0.15) is 0 Å². The van der Waals surface area contributed by atoms with E-state index in [0.29, 0.717) is 6.61 Å². The zero-order chi connectivity index (χ0) is 7.66. The van der Waals surface area contributed by atoms with Crippen molar-refractivity contribution in [2.45, 2.75) is 19.8 Å². The molecule has 0 spiro atoms. The van der Waals surface area contributed by atoms with Crippen LogP contribution in [0.25, 0.3) is 0 Å².